The molecule has 0 amide bonds. The highest BCUT2D eigenvalue weighted by Gasteiger charge is 2.62. The molecular formula is C15H25F4NO4S. The van der Waals surface area contributed by atoms with Crippen molar-refractivity contribution in [3.05, 3.63) is 12.2 Å². The highest BCUT2D eigenvalue weighted by atomic mass is 32.2. The number of hydrogen-bond donors (Lipinski definition) is 1. The molecule has 5 nitrogen and oxygen atoms in total. The van der Waals surface area contributed by atoms with Crippen LogP contribution in [0.5, 0.6) is 0 Å². The van der Waals surface area contributed by atoms with Gasteiger partial charge in [-0.15, -0.1) is 4.31 Å². The molecule has 0 bridgehead atoms. The number of rotatable bonds is 13. The second-order valence-electron chi connectivity index (χ2n) is 5.88. The first-order valence-corrected chi connectivity index (χ1v) is 9.54. The average Bonchev–Trinajstić information content (AvgIpc) is 2.49. The monoisotopic (exact) mass is 391 g/mol. The number of nitrogens with zero attached hydrogens (tertiary/aromatic N) is 1. The maximum absolute atomic E-state index is 14.0. The summed E-state index contributed by atoms with van der Waals surface area (Å²) in [5.41, 5.74) is -1.13. The number of aliphatic carboxylic acids is 1. The van der Waals surface area contributed by atoms with Gasteiger partial charge in [0, 0.05) is 12.6 Å². The van der Waals surface area contributed by atoms with E-state index in [1.807, 2.05) is 6.92 Å². The van der Waals surface area contributed by atoms with Gasteiger partial charge in [-0.1, -0.05) is 45.6 Å². The Labute approximate surface area is 145 Å². The summed E-state index contributed by atoms with van der Waals surface area (Å²) < 4.78 is 78.5. The summed E-state index contributed by atoms with van der Waals surface area (Å²) in [4.78, 5) is 10.5. The van der Waals surface area contributed by atoms with Crippen molar-refractivity contribution in [2.75, 3.05) is 12.8 Å². The lowest BCUT2D eigenvalue weighted by Crippen LogP contribution is -2.55. The van der Waals surface area contributed by atoms with Crippen molar-refractivity contribution in [3.8, 4) is 0 Å². The molecule has 0 radical (unpaired) electrons. The van der Waals surface area contributed by atoms with E-state index in [1.54, 1.807) is 0 Å². The van der Waals surface area contributed by atoms with Gasteiger partial charge >= 0.3 is 17.9 Å². The van der Waals surface area contributed by atoms with Gasteiger partial charge in [-0.3, -0.25) is 0 Å². The number of halogens is 4. The molecule has 0 fully saturated rings. The second kappa shape index (κ2) is 9.51. The van der Waals surface area contributed by atoms with Crippen LogP contribution in [-0.4, -0.2) is 48.6 Å². The molecule has 0 saturated carbocycles. The Balaban J connectivity index is 4.92. The Bertz CT molecular complexity index is 564. The van der Waals surface area contributed by atoms with Crippen LogP contribution in [0.3, 0.4) is 0 Å². The summed E-state index contributed by atoms with van der Waals surface area (Å²) in [6.45, 7) is 4.78. The summed E-state index contributed by atoms with van der Waals surface area (Å²) in [7, 11) is -4.26. The molecule has 0 aliphatic rings. The van der Waals surface area contributed by atoms with E-state index in [-0.39, 0.29) is 6.42 Å². The van der Waals surface area contributed by atoms with Gasteiger partial charge in [0.1, 0.15) is 0 Å². The first-order valence-electron chi connectivity index (χ1n) is 7.93. The van der Waals surface area contributed by atoms with Crippen molar-refractivity contribution in [3.63, 3.8) is 0 Å². The van der Waals surface area contributed by atoms with E-state index in [0.717, 1.165) is 25.7 Å². The predicted molar refractivity (Wildman–Crippen MR) is 86.2 cm³/mol. The third kappa shape index (κ3) is 6.93. The summed E-state index contributed by atoms with van der Waals surface area (Å²) in [6.07, 6.45) is 2.31. The molecule has 0 aromatic carbocycles. The minimum absolute atomic E-state index is 0.0832. The summed E-state index contributed by atoms with van der Waals surface area (Å²) in [5.74, 6) is -7.43. The van der Waals surface area contributed by atoms with E-state index in [4.69, 9.17) is 5.11 Å². The Morgan fingerprint density at radius 3 is 2.04 bits per heavy atom. The molecule has 0 saturated heterocycles. The molecule has 0 aliphatic heterocycles. The van der Waals surface area contributed by atoms with Crippen LogP contribution < -0.4 is 0 Å². The Morgan fingerprint density at radius 2 is 1.56 bits per heavy atom. The number of carbonyl (C=O) groups is 1. The maximum Gasteiger partial charge on any atom is 0.380 e. The first kappa shape index (κ1) is 23.8. The third-order valence-corrected chi connectivity index (χ3v) is 5.61. The van der Waals surface area contributed by atoms with Crippen LogP contribution in [0.15, 0.2) is 12.2 Å². The minimum Gasteiger partial charge on any atom is -0.478 e. The lowest BCUT2D eigenvalue weighted by molar-refractivity contribution is -0.255. The van der Waals surface area contributed by atoms with Crippen LogP contribution in [0.1, 0.15) is 51.9 Å². The number of sulfonamides is 1. The van der Waals surface area contributed by atoms with Gasteiger partial charge in [0.25, 0.3) is 0 Å². The van der Waals surface area contributed by atoms with E-state index in [9.17, 15) is 30.8 Å². The summed E-state index contributed by atoms with van der Waals surface area (Å²) in [5, 5.41) is 8.50. The van der Waals surface area contributed by atoms with Gasteiger partial charge < -0.3 is 5.11 Å². The van der Waals surface area contributed by atoms with E-state index in [0.29, 0.717) is 13.5 Å². The molecule has 0 spiro atoms. The van der Waals surface area contributed by atoms with Gasteiger partial charge in [-0.05, 0) is 6.42 Å². The molecule has 1 N–H and O–H groups in total. The normalized spacial score (nSPS) is 13.2. The first-order chi connectivity index (χ1) is 11.3. The molecular weight excluding hydrogens is 366 g/mol. The van der Waals surface area contributed by atoms with Crippen molar-refractivity contribution in [1.29, 1.82) is 0 Å². The lowest BCUT2D eigenvalue weighted by Gasteiger charge is -2.33. The van der Waals surface area contributed by atoms with Crippen molar-refractivity contribution in [2.24, 2.45) is 0 Å². The fourth-order valence-electron chi connectivity index (χ4n) is 2.06. The molecule has 0 unspecified atom stereocenters. The van der Waals surface area contributed by atoms with Crippen LogP contribution in [-0.2, 0) is 14.8 Å². The van der Waals surface area contributed by atoms with Crippen molar-refractivity contribution in [1.82, 2.24) is 4.31 Å². The summed E-state index contributed by atoms with van der Waals surface area (Å²) >= 11 is 0. The van der Waals surface area contributed by atoms with Crippen molar-refractivity contribution < 1.29 is 35.9 Å². The molecule has 0 aromatic heterocycles. The second-order valence-corrected chi connectivity index (χ2v) is 8.00. The molecule has 148 valence electrons. The van der Waals surface area contributed by atoms with Crippen molar-refractivity contribution in [2.45, 2.75) is 63.8 Å². The van der Waals surface area contributed by atoms with Gasteiger partial charge in [0.2, 0.25) is 10.0 Å². The molecule has 0 aliphatic carbocycles. The zero-order chi connectivity index (χ0) is 19.9. The number of hydrogen-bond acceptors (Lipinski definition) is 3. The largest absolute Gasteiger partial charge is 0.478 e. The third-order valence-electron chi connectivity index (χ3n) is 3.75. The lowest BCUT2D eigenvalue weighted by atomic mass is 10.1. The smallest absolute Gasteiger partial charge is 0.380 e. The standard InChI is InChI=1S/C15H25F4NO4S/c1-4-5-6-7-8-9-10-25(23,24)20(3)15(18,19)14(16,17)11-12(2)13(21)22/h2,4-11H2,1,3H3,(H,21,22). The molecule has 0 atom stereocenters. The Morgan fingerprint density at radius 1 is 1.08 bits per heavy atom. The number of alkyl halides is 4. The van der Waals surface area contributed by atoms with Crippen LogP contribution in [0.25, 0.3) is 0 Å². The van der Waals surface area contributed by atoms with Gasteiger partial charge in [0.05, 0.1) is 12.2 Å². The number of carboxylic acids is 1. The van der Waals surface area contributed by atoms with Crippen LogP contribution in [0.4, 0.5) is 17.6 Å². The highest BCUT2D eigenvalue weighted by molar-refractivity contribution is 7.89. The topological polar surface area (TPSA) is 74.7 Å². The van der Waals surface area contributed by atoms with Gasteiger partial charge in [-0.2, -0.15) is 17.6 Å². The highest BCUT2D eigenvalue weighted by Crippen LogP contribution is 2.42. The molecule has 0 heterocycles. The SMILES string of the molecule is C=C(CC(F)(F)C(F)(F)N(C)S(=O)(=O)CCCCCCCC)C(=O)O. The van der Waals surface area contributed by atoms with Crippen LogP contribution >= 0.6 is 0 Å². The van der Waals surface area contributed by atoms with E-state index >= 15 is 0 Å². The fraction of sp³-hybridized carbons (Fsp3) is 0.800. The predicted octanol–water partition coefficient (Wildman–Crippen LogP) is 3.87. The molecule has 0 aromatic rings. The zero-order valence-electron chi connectivity index (χ0n) is 14.4. The molecule has 25 heavy (non-hydrogen) atoms. The van der Waals surface area contributed by atoms with Crippen molar-refractivity contribution >= 4 is 16.0 Å². The minimum atomic E-state index is -5.06. The Kier molecular flexibility index (Phi) is 9.07. The molecule has 10 heteroatoms. The number of unbranched alkanes of at least 4 members (excludes halogenated alkanes) is 5. The van der Waals surface area contributed by atoms with Gasteiger partial charge in [0.15, 0.2) is 0 Å². The van der Waals surface area contributed by atoms with Crippen LogP contribution in [0.2, 0.25) is 0 Å². The molecule has 0 rings (SSSR count). The van der Waals surface area contributed by atoms with E-state index < -0.39 is 50.0 Å². The van der Waals surface area contributed by atoms with Crippen LogP contribution in [0, 0.1) is 0 Å². The maximum atomic E-state index is 14.0. The quantitative estimate of drug-likeness (QED) is 0.224. The van der Waals surface area contributed by atoms with Gasteiger partial charge in [-0.25, -0.2) is 13.2 Å². The average molecular weight is 391 g/mol. The number of carboxylic acid groups (broad SMARTS) is 1. The fourth-order valence-corrected chi connectivity index (χ4v) is 3.38. The Hall–Kier alpha value is -1.16. The zero-order valence-corrected chi connectivity index (χ0v) is 15.2. The van der Waals surface area contributed by atoms with E-state index in [2.05, 4.69) is 6.58 Å². The summed E-state index contributed by atoms with van der Waals surface area (Å²) in [6, 6.07) is -5.06. The van der Waals surface area contributed by atoms with E-state index in [1.165, 1.54) is 0 Å².